The van der Waals surface area contributed by atoms with Crippen molar-refractivity contribution in [3.63, 3.8) is 0 Å². The molecule has 6 nitrogen and oxygen atoms in total. The summed E-state index contributed by atoms with van der Waals surface area (Å²) in [5, 5.41) is 11.0. The lowest BCUT2D eigenvalue weighted by Crippen LogP contribution is -2.38. The van der Waals surface area contributed by atoms with Gasteiger partial charge >= 0.3 is 0 Å². The van der Waals surface area contributed by atoms with E-state index in [9.17, 15) is 10.1 Å². The average Bonchev–Trinajstić information content (AvgIpc) is 2.50. The zero-order chi connectivity index (χ0) is 15.4. The number of nitro groups is 1. The molecule has 0 saturated carbocycles. The van der Waals surface area contributed by atoms with Crippen LogP contribution in [0.5, 0.6) is 5.75 Å². The van der Waals surface area contributed by atoms with Gasteiger partial charge in [0, 0.05) is 31.9 Å². The van der Waals surface area contributed by atoms with Gasteiger partial charge in [-0.1, -0.05) is 19.8 Å². The Morgan fingerprint density at radius 2 is 2.10 bits per heavy atom. The van der Waals surface area contributed by atoms with Crippen LogP contribution < -0.4 is 4.74 Å². The molecule has 1 aliphatic heterocycles. The van der Waals surface area contributed by atoms with E-state index in [0.717, 1.165) is 24.8 Å². The molecule has 0 amide bonds. The van der Waals surface area contributed by atoms with E-state index in [1.807, 2.05) is 0 Å². The summed E-state index contributed by atoms with van der Waals surface area (Å²) >= 11 is 0. The second-order valence-corrected chi connectivity index (χ2v) is 5.16. The standard InChI is InChI=1S/C15H21NO5/c1-4-5-6-11-14(19-2)12-9-10(16(17)18)7-8-13(12)21-15(11)20-3/h7-9,11,14-15H,4-6H2,1-3H3/t11-,14+,15-/m1/s1. The molecular weight excluding hydrogens is 274 g/mol. The van der Waals surface area contributed by atoms with Gasteiger partial charge in [0.05, 0.1) is 16.9 Å². The average molecular weight is 295 g/mol. The first-order chi connectivity index (χ1) is 10.1. The number of nitrogens with zero attached hydrogens (tertiary/aromatic N) is 1. The monoisotopic (exact) mass is 295 g/mol. The number of fused-ring (bicyclic) bond motifs is 1. The molecule has 6 heteroatoms. The Morgan fingerprint density at radius 3 is 2.67 bits per heavy atom. The van der Waals surface area contributed by atoms with Gasteiger partial charge in [0.25, 0.3) is 5.69 Å². The van der Waals surface area contributed by atoms with Gasteiger partial charge in [0.15, 0.2) is 0 Å². The first-order valence-corrected chi connectivity index (χ1v) is 7.13. The number of ether oxygens (including phenoxy) is 3. The minimum absolute atomic E-state index is 0.0226. The molecule has 2 rings (SSSR count). The molecular formula is C15H21NO5. The largest absolute Gasteiger partial charge is 0.464 e. The Hall–Kier alpha value is -1.66. The third-order valence-corrected chi connectivity index (χ3v) is 3.87. The van der Waals surface area contributed by atoms with Crippen molar-refractivity contribution in [2.24, 2.45) is 5.92 Å². The molecule has 0 bridgehead atoms. The van der Waals surface area contributed by atoms with Gasteiger partial charge in [-0.3, -0.25) is 10.1 Å². The van der Waals surface area contributed by atoms with Gasteiger partial charge in [0.1, 0.15) is 5.75 Å². The lowest BCUT2D eigenvalue weighted by molar-refractivity contribution is -0.385. The molecule has 0 radical (unpaired) electrons. The number of nitro benzene ring substituents is 1. The van der Waals surface area contributed by atoms with E-state index >= 15 is 0 Å². The van der Waals surface area contributed by atoms with Crippen LogP contribution in [-0.2, 0) is 9.47 Å². The van der Waals surface area contributed by atoms with Gasteiger partial charge in [-0.05, 0) is 12.5 Å². The molecule has 1 aromatic rings. The first-order valence-electron chi connectivity index (χ1n) is 7.13. The van der Waals surface area contributed by atoms with E-state index in [2.05, 4.69) is 6.92 Å². The zero-order valence-electron chi connectivity index (χ0n) is 12.6. The fraction of sp³-hybridized carbons (Fsp3) is 0.600. The van der Waals surface area contributed by atoms with E-state index in [1.54, 1.807) is 20.3 Å². The molecule has 21 heavy (non-hydrogen) atoms. The van der Waals surface area contributed by atoms with E-state index < -0.39 is 11.2 Å². The third-order valence-electron chi connectivity index (χ3n) is 3.87. The summed E-state index contributed by atoms with van der Waals surface area (Å²) in [5.74, 6) is 0.613. The molecule has 0 unspecified atom stereocenters. The molecule has 0 spiro atoms. The van der Waals surface area contributed by atoms with E-state index in [0.29, 0.717) is 5.75 Å². The predicted molar refractivity (Wildman–Crippen MR) is 77.3 cm³/mol. The smallest absolute Gasteiger partial charge is 0.270 e. The minimum atomic E-state index is -0.406. The lowest BCUT2D eigenvalue weighted by Gasteiger charge is -2.37. The highest BCUT2D eigenvalue weighted by molar-refractivity contribution is 5.46. The highest BCUT2D eigenvalue weighted by atomic mass is 16.7. The Balaban J connectivity index is 2.38. The first kappa shape index (κ1) is 15.7. The number of hydrogen-bond donors (Lipinski definition) is 0. The van der Waals surface area contributed by atoms with Gasteiger partial charge in [-0.25, -0.2) is 0 Å². The summed E-state index contributed by atoms with van der Waals surface area (Å²) < 4.78 is 16.9. The maximum atomic E-state index is 11.0. The molecule has 0 fully saturated rings. The van der Waals surface area contributed by atoms with Crippen LogP contribution in [0.25, 0.3) is 0 Å². The van der Waals surface area contributed by atoms with Crippen LogP contribution in [0.3, 0.4) is 0 Å². The van der Waals surface area contributed by atoms with Crippen LogP contribution >= 0.6 is 0 Å². The van der Waals surface area contributed by atoms with Crippen molar-refractivity contribution in [3.8, 4) is 5.75 Å². The van der Waals surface area contributed by atoms with Gasteiger partial charge in [0.2, 0.25) is 6.29 Å². The maximum Gasteiger partial charge on any atom is 0.270 e. The summed E-state index contributed by atoms with van der Waals surface area (Å²) in [4.78, 5) is 10.5. The quantitative estimate of drug-likeness (QED) is 0.593. The SMILES string of the molecule is CCCC[C@H]1[C@H](OC)Oc2ccc([N+](=O)[O-])cc2[C@H]1OC. The van der Waals surface area contributed by atoms with E-state index in [4.69, 9.17) is 14.2 Å². The highest BCUT2D eigenvalue weighted by Crippen LogP contribution is 2.44. The Bertz CT molecular complexity index is 505. The summed E-state index contributed by atoms with van der Waals surface area (Å²) in [7, 11) is 3.22. The van der Waals surface area contributed by atoms with Gasteiger partial charge in [-0.15, -0.1) is 0 Å². The van der Waals surface area contributed by atoms with Crippen molar-refractivity contribution >= 4 is 5.69 Å². The Morgan fingerprint density at radius 1 is 1.33 bits per heavy atom. The number of methoxy groups -OCH3 is 2. The highest BCUT2D eigenvalue weighted by Gasteiger charge is 2.39. The molecule has 116 valence electrons. The minimum Gasteiger partial charge on any atom is -0.464 e. The van der Waals surface area contributed by atoms with Gasteiger partial charge in [-0.2, -0.15) is 0 Å². The fourth-order valence-electron chi connectivity index (χ4n) is 2.82. The molecule has 1 aliphatic rings. The zero-order valence-corrected chi connectivity index (χ0v) is 12.6. The second-order valence-electron chi connectivity index (χ2n) is 5.16. The van der Waals surface area contributed by atoms with Crippen molar-refractivity contribution in [1.82, 2.24) is 0 Å². The van der Waals surface area contributed by atoms with E-state index in [1.165, 1.54) is 12.1 Å². The molecule has 1 aromatic carbocycles. The molecule has 0 saturated heterocycles. The predicted octanol–water partition coefficient (Wildman–Crippen LogP) is 3.45. The number of benzene rings is 1. The fourth-order valence-corrected chi connectivity index (χ4v) is 2.82. The van der Waals surface area contributed by atoms with Crippen molar-refractivity contribution in [2.45, 2.75) is 38.6 Å². The summed E-state index contributed by atoms with van der Waals surface area (Å²) in [6, 6.07) is 4.58. The Labute approximate surface area is 124 Å². The van der Waals surface area contributed by atoms with Crippen molar-refractivity contribution in [1.29, 1.82) is 0 Å². The number of rotatable bonds is 6. The van der Waals surface area contributed by atoms with Crippen LogP contribution in [0.2, 0.25) is 0 Å². The number of unbranched alkanes of at least 4 members (excludes halogenated alkanes) is 1. The summed E-state index contributed by atoms with van der Waals surface area (Å²) in [6.45, 7) is 2.12. The number of non-ortho nitro benzene ring substituents is 1. The summed E-state index contributed by atoms with van der Waals surface area (Å²) in [6.07, 6.45) is 2.32. The molecule has 3 atom stereocenters. The summed E-state index contributed by atoms with van der Waals surface area (Å²) in [5.41, 5.74) is 0.769. The van der Waals surface area contributed by atoms with Crippen LogP contribution in [0.4, 0.5) is 5.69 Å². The van der Waals surface area contributed by atoms with Crippen LogP contribution in [0.15, 0.2) is 18.2 Å². The van der Waals surface area contributed by atoms with Crippen LogP contribution in [0, 0.1) is 16.0 Å². The topological polar surface area (TPSA) is 70.8 Å². The van der Waals surface area contributed by atoms with E-state index in [-0.39, 0.29) is 17.7 Å². The lowest BCUT2D eigenvalue weighted by atomic mass is 9.87. The van der Waals surface area contributed by atoms with Crippen LogP contribution in [0.1, 0.15) is 37.9 Å². The third kappa shape index (κ3) is 3.16. The molecule has 0 aliphatic carbocycles. The van der Waals surface area contributed by atoms with Crippen molar-refractivity contribution in [3.05, 3.63) is 33.9 Å². The molecule has 0 N–H and O–H groups in total. The molecule has 1 heterocycles. The van der Waals surface area contributed by atoms with Gasteiger partial charge < -0.3 is 14.2 Å². The van der Waals surface area contributed by atoms with Crippen molar-refractivity contribution < 1.29 is 19.1 Å². The van der Waals surface area contributed by atoms with Crippen molar-refractivity contribution in [2.75, 3.05) is 14.2 Å². The normalized spacial score (nSPS) is 24.2. The maximum absolute atomic E-state index is 11.0. The second kappa shape index (κ2) is 6.87. The van der Waals surface area contributed by atoms with Crippen LogP contribution in [-0.4, -0.2) is 25.4 Å². The molecule has 0 aromatic heterocycles. The number of hydrogen-bond acceptors (Lipinski definition) is 5. The Kier molecular flexibility index (Phi) is 5.14.